The minimum Gasteiger partial charge on any atom is -0.452 e. The number of carbonyl (C=O) groups is 4. The number of aryl methyl sites for hydroxylation is 2. The Morgan fingerprint density at radius 1 is 0.925 bits per heavy atom. The quantitative estimate of drug-likeness (QED) is 0.285. The Hall–Kier alpha value is -3.78. The van der Waals surface area contributed by atoms with E-state index in [2.05, 4.69) is 33.4 Å². The van der Waals surface area contributed by atoms with Gasteiger partial charge in [0.1, 0.15) is 0 Å². The maximum Gasteiger partial charge on any atom is 0.338 e. The first-order valence-corrected chi connectivity index (χ1v) is 14.3. The molecule has 8 heteroatoms. The van der Waals surface area contributed by atoms with E-state index >= 15 is 0 Å². The number of ether oxygens (including phenoxy) is 1. The lowest BCUT2D eigenvalue weighted by Crippen LogP contribution is -2.33. The van der Waals surface area contributed by atoms with Gasteiger partial charge in [0, 0.05) is 10.2 Å². The van der Waals surface area contributed by atoms with Gasteiger partial charge in [-0.1, -0.05) is 46.3 Å². The molecule has 2 bridgehead atoms. The van der Waals surface area contributed by atoms with Gasteiger partial charge in [0.25, 0.3) is 5.91 Å². The molecule has 2 aliphatic carbocycles. The summed E-state index contributed by atoms with van der Waals surface area (Å²) in [6.45, 7) is 3.42. The average Bonchev–Trinajstić information content (AvgIpc) is 3.62. The molecule has 7 nitrogen and oxygen atoms in total. The molecule has 1 aliphatic heterocycles. The lowest BCUT2D eigenvalue weighted by atomic mass is 9.73. The summed E-state index contributed by atoms with van der Waals surface area (Å²) in [7, 11) is 0. The zero-order valence-electron chi connectivity index (χ0n) is 22.2. The van der Waals surface area contributed by atoms with Crippen molar-refractivity contribution in [3.8, 4) is 0 Å². The van der Waals surface area contributed by atoms with Crippen molar-refractivity contribution < 1.29 is 23.9 Å². The van der Waals surface area contributed by atoms with Crippen molar-refractivity contribution in [2.24, 2.45) is 23.7 Å². The average molecular weight is 601 g/mol. The molecular formula is C32H29BrN2O5. The number of hydrogen-bond acceptors (Lipinski definition) is 5. The zero-order valence-corrected chi connectivity index (χ0v) is 23.8. The van der Waals surface area contributed by atoms with Crippen LogP contribution in [0.3, 0.4) is 0 Å². The molecule has 3 amide bonds. The summed E-state index contributed by atoms with van der Waals surface area (Å²) in [5.41, 5.74) is 4.51. The van der Waals surface area contributed by atoms with Crippen molar-refractivity contribution in [2.45, 2.75) is 32.6 Å². The van der Waals surface area contributed by atoms with Crippen LogP contribution in [0, 0.1) is 37.5 Å². The summed E-state index contributed by atoms with van der Waals surface area (Å²) < 4.78 is 6.17. The number of imide groups is 1. The summed E-state index contributed by atoms with van der Waals surface area (Å²) in [4.78, 5) is 53.2. The van der Waals surface area contributed by atoms with Gasteiger partial charge in [0.2, 0.25) is 11.8 Å². The minimum atomic E-state index is -0.662. The van der Waals surface area contributed by atoms with Crippen LogP contribution in [0.15, 0.2) is 71.2 Å². The van der Waals surface area contributed by atoms with E-state index in [9.17, 15) is 19.2 Å². The first-order chi connectivity index (χ1) is 19.2. The van der Waals surface area contributed by atoms with E-state index in [0.29, 0.717) is 17.3 Å². The van der Waals surface area contributed by atoms with Gasteiger partial charge in [-0.3, -0.25) is 19.3 Å². The predicted octanol–water partition coefficient (Wildman–Crippen LogP) is 5.79. The van der Waals surface area contributed by atoms with Crippen molar-refractivity contribution in [2.75, 3.05) is 16.8 Å². The number of benzene rings is 3. The Bertz CT molecular complexity index is 1500. The monoisotopic (exact) mass is 600 g/mol. The topological polar surface area (TPSA) is 92.8 Å². The van der Waals surface area contributed by atoms with Crippen LogP contribution in [0.2, 0.25) is 0 Å². The van der Waals surface area contributed by atoms with Crippen LogP contribution in [0.1, 0.15) is 45.8 Å². The van der Waals surface area contributed by atoms with Crippen LogP contribution in [-0.2, 0) is 19.1 Å². The summed E-state index contributed by atoms with van der Waals surface area (Å²) in [6.07, 6.45) is 1.85. The Labute approximate surface area is 241 Å². The molecular weight excluding hydrogens is 572 g/mol. The molecule has 3 aliphatic rings. The number of rotatable bonds is 6. The van der Waals surface area contributed by atoms with Crippen molar-refractivity contribution in [1.82, 2.24) is 0 Å². The smallest absolute Gasteiger partial charge is 0.338 e. The fourth-order valence-electron chi connectivity index (χ4n) is 6.97. The van der Waals surface area contributed by atoms with E-state index in [1.807, 2.05) is 44.2 Å². The molecule has 6 rings (SSSR count). The normalized spacial score (nSPS) is 24.8. The van der Waals surface area contributed by atoms with Crippen molar-refractivity contribution in [3.05, 3.63) is 93.5 Å². The van der Waals surface area contributed by atoms with Gasteiger partial charge in [-0.05, 0) is 97.5 Å². The van der Waals surface area contributed by atoms with Gasteiger partial charge in [-0.2, -0.15) is 0 Å². The Kier molecular flexibility index (Phi) is 6.82. The highest BCUT2D eigenvalue weighted by Crippen LogP contribution is 2.61. The van der Waals surface area contributed by atoms with Crippen LogP contribution >= 0.6 is 15.9 Å². The molecule has 0 aromatic heterocycles. The second-order valence-corrected chi connectivity index (χ2v) is 11.9. The summed E-state index contributed by atoms with van der Waals surface area (Å²) in [5, 5.41) is 2.74. The molecule has 1 saturated heterocycles. The van der Waals surface area contributed by atoms with Crippen molar-refractivity contribution in [3.63, 3.8) is 0 Å². The zero-order chi connectivity index (χ0) is 28.1. The Balaban J connectivity index is 1.09. The van der Waals surface area contributed by atoms with Crippen molar-refractivity contribution in [1.29, 1.82) is 0 Å². The van der Waals surface area contributed by atoms with E-state index in [0.717, 1.165) is 28.4 Å². The fraction of sp³-hybridized carbons (Fsp3) is 0.312. The number of amides is 3. The first-order valence-electron chi connectivity index (χ1n) is 13.5. The fourth-order valence-corrected chi connectivity index (χ4v) is 7.20. The highest BCUT2D eigenvalue weighted by atomic mass is 79.9. The lowest BCUT2D eigenvalue weighted by Gasteiger charge is -2.28. The van der Waals surface area contributed by atoms with Crippen LogP contribution in [0.25, 0.3) is 0 Å². The second-order valence-electron chi connectivity index (χ2n) is 11.1. The number of carbonyl (C=O) groups excluding carboxylic acids is 4. The standard InChI is InChI=1S/C32H29BrN2O5/c1-17-12-22(13-18(2)29(17)33)34-26(36)16-40-32(39)20-8-10-23(11-9-20)35-30(37)27-21-14-24(19-6-4-3-5-7-19)25(15-21)28(27)31(35)38/h3-13,21,24-25,27-28H,14-16H2,1-2H3,(H,34,36)/t21-,24-,25+,27+,28-/m0/s1. The maximum atomic E-state index is 13.5. The number of nitrogens with one attached hydrogen (secondary N) is 1. The first kappa shape index (κ1) is 26.4. The molecule has 5 atom stereocenters. The number of anilines is 2. The largest absolute Gasteiger partial charge is 0.452 e. The molecule has 3 fully saturated rings. The van der Waals surface area contributed by atoms with Gasteiger partial charge >= 0.3 is 5.97 Å². The number of hydrogen-bond donors (Lipinski definition) is 1. The highest BCUT2D eigenvalue weighted by Gasteiger charge is 2.64. The Morgan fingerprint density at radius 2 is 1.57 bits per heavy atom. The Morgan fingerprint density at radius 3 is 2.25 bits per heavy atom. The van der Waals surface area contributed by atoms with Crippen LogP contribution < -0.4 is 10.2 Å². The molecule has 2 saturated carbocycles. The number of esters is 1. The third-order valence-corrected chi connectivity index (χ3v) is 9.91. The second kappa shape index (κ2) is 10.3. The van der Waals surface area contributed by atoms with Gasteiger partial charge in [-0.25, -0.2) is 4.79 Å². The molecule has 1 heterocycles. The van der Waals surface area contributed by atoms with E-state index in [1.54, 1.807) is 12.1 Å². The SMILES string of the molecule is Cc1cc(NC(=O)COC(=O)c2ccc(N3C(=O)[C@@H]4[C@@H]5C[C@@H]([C@@H]4C3=O)[C@H](c3ccccc3)C5)cc2)cc(C)c1Br. The molecule has 40 heavy (non-hydrogen) atoms. The number of halogens is 1. The van der Waals surface area contributed by atoms with Crippen LogP contribution in [0.5, 0.6) is 0 Å². The number of nitrogens with zero attached hydrogens (tertiary/aromatic N) is 1. The molecule has 3 aromatic rings. The highest BCUT2D eigenvalue weighted by molar-refractivity contribution is 9.10. The minimum absolute atomic E-state index is 0.139. The van der Waals surface area contributed by atoms with E-state index in [1.165, 1.54) is 22.6 Å². The molecule has 0 unspecified atom stereocenters. The maximum absolute atomic E-state index is 13.5. The summed E-state index contributed by atoms with van der Waals surface area (Å²) in [6, 6.07) is 20.2. The van der Waals surface area contributed by atoms with Crippen LogP contribution in [0.4, 0.5) is 11.4 Å². The third kappa shape index (κ3) is 4.54. The van der Waals surface area contributed by atoms with Gasteiger partial charge in [0.15, 0.2) is 6.61 Å². The summed E-state index contributed by atoms with van der Waals surface area (Å²) in [5.74, 6) is -1.27. The van der Waals surface area contributed by atoms with E-state index in [4.69, 9.17) is 4.74 Å². The molecule has 204 valence electrons. The van der Waals surface area contributed by atoms with Crippen molar-refractivity contribution >= 4 is 51.0 Å². The van der Waals surface area contributed by atoms with E-state index < -0.39 is 18.5 Å². The van der Waals surface area contributed by atoms with Crippen LogP contribution in [-0.4, -0.2) is 30.3 Å². The predicted molar refractivity (Wildman–Crippen MR) is 154 cm³/mol. The van der Waals surface area contributed by atoms with Gasteiger partial charge in [0.05, 0.1) is 23.1 Å². The van der Waals surface area contributed by atoms with E-state index in [-0.39, 0.29) is 41.0 Å². The van der Waals surface area contributed by atoms with Gasteiger partial charge in [-0.15, -0.1) is 0 Å². The van der Waals surface area contributed by atoms with Gasteiger partial charge < -0.3 is 10.1 Å². The molecule has 1 N–H and O–H groups in total. The molecule has 3 aromatic carbocycles. The molecule has 0 radical (unpaired) electrons. The number of fused-ring (bicyclic) bond motifs is 5. The summed E-state index contributed by atoms with van der Waals surface area (Å²) >= 11 is 3.50. The lowest BCUT2D eigenvalue weighted by molar-refractivity contribution is -0.123. The third-order valence-electron chi connectivity index (χ3n) is 8.66. The molecule has 0 spiro atoms.